The predicted octanol–water partition coefficient (Wildman–Crippen LogP) is -0.695. The Hall–Kier alpha value is -1.66. The molecule has 0 bridgehead atoms. The first-order valence-corrected chi connectivity index (χ1v) is 2.42. The zero-order valence-electron chi connectivity index (χ0n) is 5.18. The van der Waals surface area contributed by atoms with E-state index in [-0.39, 0.29) is 5.95 Å². The summed E-state index contributed by atoms with van der Waals surface area (Å²) in [5.41, 5.74) is 5.16. The smallest absolute Gasteiger partial charge is 0.390 e. The fraction of sp³-hybridized carbons (Fsp3) is 0.333. The van der Waals surface area contributed by atoms with Crippen LogP contribution in [0.25, 0.3) is 0 Å². The van der Waals surface area contributed by atoms with Crippen molar-refractivity contribution in [3.05, 3.63) is 10.1 Å². The van der Waals surface area contributed by atoms with Crippen molar-refractivity contribution in [3.8, 4) is 0 Å². The lowest BCUT2D eigenvalue weighted by molar-refractivity contribution is -0.394. The molecule has 0 saturated heterocycles. The molecule has 0 fully saturated rings. The second-order valence-corrected chi connectivity index (χ2v) is 1.65. The largest absolute Gasteiger partial charge is 0.493 e. The minimum atomic E-state index is -0.698. The average molecular weight is 143 g/mol. The number of rotatable bonds is 1. The molecule has 0 saturated carbocycles. The highest BCUT2D eigenvalue weighted by molar-refractivity contribution is 5.20. The van der Waals surface area contributed by atoms with E-state index in [1.807, 2.05) is 0 Å². The zero-order chi connectivity index (χ0) is 7.72. The molecule has 0 aliphatic heterocycles. The van der Waals surface area contributed by atoms with Crippen molar-refractivity contribution in [1.29, 1.82) is 0 Å². The van der Waals surface area contributed by atoms with E-state index in [1.165, 1.54) is 7.05 Å². The molecule has 0 unspecified atom stereocenters. The summed E-state index contributed by atoms with van der Waals surface area (Å²) in [6.45, 7) is 0. The van der Waals surface area contributed by atoms with Crippen LogP contribution >= 0.6 is 0 Å². The lowest BCUT2D eigenvalue weighted by Crippen LogP contribution is -1.97. The SMILES string of the molecule is Cn1nc([N+](=O)[O-])nc1N. The van der Waals surface area contributed by atoms with Gasteiger partial charge in [-0.3, -0.25) is 0 Å². The molecule has 0 atom stereocenters. The molecule has 10 heavy (non-hydrogen) atoms. The number of nitrogen functional groups attached to an aromatic ring is 1. The van der Waals surface area contributed by atoms with Gasteiger partial charge in [-0.25, -0.2) is 0 Å². The van der Waals surface area contributed by atoms with Crippen LogP contribution in [0.4, 0.5) is 11.9 Å². The summed E-state index contributed by atoms with van der Waals surface area (Å²) in [5.74, 6) is -0.438. The number of hydrogen-bond donors (Lipinski definition) is 1. The quantitative estimate of drug-likeness (QED) is 0.414. The molecule has 0 aliphatic rings. The third kappa shape index (κ3) is 0.879. The highest BCUT2D eigenvalue weighted by Gasteiger charge is 2.15. The van der Waals surface area contributed by atoms with Crippen molar-refractivity contribution in [1.82, 2.24) is 14.8 Å². The van der Waals surface area contributed by atoms with Gasteiger partial charge in [-0.15, -0.1) is 0 Å². The van der Waals surface area contributed by atoms with Crippen molar-refractivity contribution in [3.63, 3.8) is 0 Å². The van der Waals surface area contributed by atoms with Crippen LogP contribution in [-0.2, 0) is 7.05 Å². The topological polar surface area (TPSA) is 99.9 Å². The lowest BCUT2D eigenvalue weighted by Gasteiger charge is -1.81. The Morgan fingerprint density at radius 2 is 2.40 bits per heavy atom. The van der Waals surface area contributed by atoms with E-state index in [1.54, 1.807) is 0 Å². The highest BCUT2D eigenvalue weighted by atomic mass is 16.6. The zero-order valence-corrected chi connectivity index (χ0v) is 5.18. The molecule has 7 nitrogen and oxygen atoms in total. The van der Waals surface area contributed by atoms with E-state index in [9.17, 15) is 10.1 Å². The molecule has 2 N–H and O–H groups in total. The highest BCUT2D eigenvalue weighted by Crippen LogP contribution is 2.04. The van der Waals surface area contributed by atoms with Crippen molar-refractivity contribution < 1.29 is 4.92 Å². The second-order valence-electron chi connectivity index (χ2n) is 1.65. The van der Waals surface area contributed by atoms with Crippen molar-refractivity contribution >= 4 is 11.9 Å². The first-order chi connectivity index (χ1) is 4.61. The number of aryl methyl sites for hydroxylation is 1. The van der Waals surface area contributed by atoms with Gasteiger partial charge in [-0.1, -0.05) is 0 Å². The van der Waals surface area contributed by atoms with E-state index >= 15 is 0 Å². The summed E-state index contributed by atoms with van der Waals surface area (Å²) < 4.78 is 1.14. The van der Waals surface area contributed by atoms with E-state index in [4.69, 9.17) is 5.73 Å². The lowest BCUT2D eigenvalue weighted by atomic mass is 11.0. The standard InChI is InChI=1S/C3H5N5O2/c1-7-2(4)5-3(6-7)8(9)10/h1H3,(H2,4,5,6). The summed E-state index contributed by atoms with van der Waals surface area (Å²) in [6.07, 6.45) is 0. The summed E-state index contributed by atoms with van der Waals surface area (Å²) >= 11 is 0. The minimum Gasteiger partial charge on any atom is -0.390 e. The Morgan fingerprint density at radius 3 is 2.60 bits per heavy atom. The van der Waals surface area contributed by atoms with Crippen molar-refractivity contribution in [2.45, 2.75) is 0 Å². The van der Waals surface area contributed by atoms with Gasteiger partial charge in [0.05, 0.1) is 0 Å². The number of nitro groups is 1. The van der Waals surface area contributed by atoms with Crippen LogP contribution in [0, 0.1) is 10.1 Å². The second kappa shape index (κ2) is 1.94. The van der Waals surface area contributed by atoms with Crippen molar-refractivity contribution in [2.24, 2.45) is 7.05 Å². The molecule has 1 aromatic heterocycles. The van der Waals surface area contributed by atoms with Crippen LogP contribution in [-0.4, -0.2) is 19.7 Å². The summed E-state index contributed by atoms with van der Waals surface area (Å²) in [4.78, 5) is 12.6. The molecular formula is C3H5N5O2. The first-order valence-electron chi connectivity index (χ1n) is 2.42. The maximum atomic E-state index is 9.98. The third-order valence-corrected chi connectivity index (χ3v) is 0.949. The predicted molar refractivity (Wildman–Crippen MR) is 32.1 cm³/mol. The molecular weight excluding hydrogens is 138 g/mol. The van der Waals surface area contributed by atoms with Gasteiger partial charge >= 0.3 is 11.9 Å². The Morgan fingerprint density at radius 1 is 1.80 bits per heavy atom. The normalized spacial score (nSPS) is 9.70. The Balaban J connectivity index is 3.10. The fourth-order valence-corrected chi connectivity index (χ4v) is 0.460. The van der Waals surface area contributed by atoms with E-state index in [0.717, 1.165) is 4.68 Å². The summed E-state index contributed by atoms with van der Waals surface area (Å²) in [6, 6.07) is 0. The third-order valence-electron chi connectivity index (χ3n) is 0.949. The maximum Gasteiger partial charge on any atom is 0.493 e. The van der Waals surface area contributed by atoms with Gasteiger partial charge in [0.1, 0.15) is 0 Å². The van der Waals surface area contributed by atoms with Gasteiger partial charge < -0.3 is 15.8 Å². The Kier molecular flexibility index (Phi) is 1.25. The minimum absolute atomic E-state index is 0.0340. The number of nitrogens with zero attached hydrogens (tertiary/aromatic N) is 4. The number of aromatic nitrogens is 3. The fourth-order valence-electron chi connectivity index (χ4n) is 0.460. The van der Waals surface area contributed by atoms with E-state index in [2.05, 4.69) is 10.1 Å². The summed E-state index contributed by atoms with van der Waals surface area (Å²) in [5, 5.41) is 13.4. The van der Waals surface area contributed by atoms with E-state index < -0.39 is 10.9 Å². The molecule has 7 heteroatoms. The van der Waals surface area contributed by atoms with Gasteiger partial charge in [0, 0.05) is 12.1 Å². The number of nitrogens with two attached hydrogens (primary N) is 1. The van der Waals surface area contributed by atoms with Crippen molar-refractivity contribution in [2.75, 3.05) is 5.73 Å². The molecule has 54 valence electrons. The van der Waals surface area contributed by atoms with Gasteiger partial charge in [0.25, 0.3) is 0 Å². The average Bonchev–Trinajstić information content (AvgIpc) is 2.13. The Labute approximate surface area is 55.6 Å². The monoisotopic (exact) mass is 143 g/mol. The molecule has 0 spiro atoms. The van der Waals surface area contributed by atoms with Gasteiger partial charge in [0.2, 0.25) is 0 Å². The number of anilines is 1. The maximum absolute atomic E-state index is 9.98. The molecule has 1 aromatic rings. The van der Waals surface area contributed by atoms with E-state index in [0.29, 0.717) is 0 Å². The first kappa shape index (κ1) is 6.46. The van der Waals surface area contributed by atoms with Gasteiger partial charge in [0.15, 0.2) is 0 Å². The molecule has 0 aromatic carbocycles. The van der Waals surface area contributed by atoms with Gasteiger partial charge in [-0.05, 0) is 9.91 Å². The van der Waals surface area contributed by atoms with Crippen LogP contribution in [0.5, 0.6) is 0 Å². The Bertz CT molecular complexity index is 246. The molecule has 0 aliphatic carbocycles. The number of hydrogen-bond acceptors (Lipinski definition) is 5. The van der Waals surface area contributed by atoms with Crippen LogP contribution in [0.1, 0.15) is 0 Å². The molecule has 0 radical (unpaired) electrons. The van der Waals surface area contributed by atoms with Gasteiger partial charge in [-0.2, -0.15) is 4.68 Å². The summed E-state index contributed by atoms with van der Waals surface area (Å²) in [7, 11) is 1.48. The molecule has 1 heterocycles. The van der Waals surface area contributed by atoms with Crippen LogP contribution < -0.4 is 5.73 Å². The van der Waals surface area contributed by atoms with Crippen LogP contribution in [0.2, 0.25) is 0 Å². The molecule has 1 rings (SSSR count). The van der Waals surface area contributed by atoms with Crippen LogP contribution in [0.15, 0.2) is 0 Å². The molecule has 0 amide bonds. The van der Waals surface area contributed by atoms with Crippen LogP contribution in [0.3, 0.4) is 0 Å².